The van der Waals surface area contributed by atoms with Crippen LogP contribution in [-0.4, -0.2) is 30.9 Å². The zero-order valence-corrected chi connectivity index (χ0v) is 14.8. The molecule has 0 aliphatic heterocycles. The molecule has 2 rings (SSSR count). The predicted molar refractivity (Wildman–Crippen MR) is 94.7 cm³/mol. The summed E-state index contributed by atoms with van der Waals surface area (Å²) in [5.74, 6) is 0.109. The van der Waals surface area contributed by atoms with Crippen LogP contribution in [0.15, 0.2) is 46.0 Å². The van der Waals surface area contributed by atoms with E-state index in [4.69, 9.17) is 14.7 Å². The summed E-state index contributed by atoms with van der Waals surface area (Å²) in [6.45, 7) is -0.287. The summed E-state index contributed by atoms with van der Waals surface area (Å²) in [6, 6.07) is 11.6. The molecular weight excluding hydrogens is 390 g/mol. The van der Waals surface area contributed by atoms with Crippen molar-refractivity contribution in [3.63, 3.8) is 0 Å². The van der Waals surface area contributed by atoms with Crippen LogP contribution in [0.3, 0.4) is 0 Å². The Hall–Kier alpha value is -3.05. The highest BCUT2D eigenvalue weighted by molar-refractivity contribution is 9.10. The highest BCUT2D eigenvalue weighted by Crippen LogP contribution is 2.31. The first kappa shape index (κ1) is 18.3. The number of aromatic hydroxyl groups is 1. The van der Waals surface area contributed by atoms with E-state index in [1.54, 1.807) is 30.3 Å². The van der Waals surface area contributed by atoms with Crippen molar-refractivity contribution in [2.75, 3.05) is 13.7 Å². The van der Waals surface area contributed by atoms with Gasteiger partial charge in [0.15, 0.2) is 18.1 Å². The van der Waals surface area contributed by atoms with E-state index in [1.807, 2.05) is 6.07 Å². The average Bonchev–Trinajstić information content (AvgIpc) is 2.62. The fourth-order valence-electron chi connectivity index (χ4n) is 1.86. The largest absolute Gasteiger partial charge is 0.504 e. The molecule has 0 heterocycles. The third-order valence-electron chi connectivity index (χ3n) is 3.06. The number of para-hydroxylation sites is 1. The molecule has 0 aliphatic carbocycles. The lowest BCUT2D eigenvalue weighted by atomic mass is 10.2. The summed E-state index contributed by atoms with van der Waals surface area (Å²) in [5, 5.41) is 22.5. The number of nitrogens with one attached hydrogen (secondary N) is 1. The quantitative estimate of drug-likeness (QED) is 0.569. The molecule has 0 saturated heterocycles. The highest BCUT2D eigenvalue weighted by atomic mass is 79.9. The van der Waals surface area contributed by atoms with Gasteiger partial charge in [-0.2, -0.15) is 10.4 Å². The smallest absolute Gasteiger partial charge is 0.277 e. The number of ether oxygens (including phenoxy) is 2. The molecular formula is C17H14BrN3O4. The van der Waals surface area contributed by atoms with Crippen LogP contribution < -0.4 is 14.9 Å². The standard InChI is InChI=1S/C17H14BrN3O4/c1-24-16-7-13(18)12(6-14(16)22)9-20-21-17(23)10-25-15-5-3-2-4-11(15)8-19/h2-7,9,22H,10H2,1H3,(H,21,23)/b20-9-. The number of amides is 1. The summed E-state index contributed by atoms with van der Waals surface area (Å²) >= 11 is 3.32. The van der Waals surface area contributed by atoms with Crippen molar-refractivity contribution in [2.45, 2.75) is 0 Å². The van der Waals surface area contributed by atoms with E-state index in [9.17, 15) is 9.90 Å². The second-order valence-electron chi connectivity index (χ2n) is 4.74. The monoisotopic (exact) mass is 403 g/mol. The Balaban J connectivity index is 1.93. The van der Waals surface area contributed by atoms with Crippen molar-refractivity contribution in [1.82, 2.24) is 5.43 Å². The number of benzene rings is 2. The highest BCUT2D eigenvalue weighted by Gasteiger charge is 2.08. The zero-order valence-electron chi connectivity index (χ0n) is 13.2. The molecule has 7 nitrogen and oxygen atoms in total. The Labute approximate surface area is 152 Å². The molecule has 128 valence electrons. The summed E-state index contributed by atoms with van der Waals surface area (Å²) in [6.07, 6.45) is 1.37. The molecule has 2 aromatic carbocycles. The number of hydrogen-bond acceptors (Lipinski definition) is 6. The van der Waals surface area contributed by atoms with Crippen LogP contribution in [0.4, 0.5) is 0 Å². The number of methoxy groups -OCH3 is 1. The fraction of sp³-hybridized carbons (Fsp3) is 0.118. The molecule has 0 radical (unpaired) electrons. The third-order valence-corrected chi connectivity index (χ3v) is 3.74. The minimum Gasteiger partial charge on any atom is -0.504 e. The average molecular weight is 404 g/mol. The number of nitrogens with zero attached hydrogens (tertiary/aromatic N) is 2. The van der Waals surface area contributed by atoms with Gasteiger partial charge in [0.1, 0.15) is 11.8 Å². The first-order valence-corrected chi connectivity index (χ1v) is 7.84. The van der Waals surface area contributed by atoms with Gasteiger partial charge >= 0.3 is 0 Å². The molecule has 0 atom stereocenters. The SMILES string of the molecule is COc1cc(Br)c(/C=N\NC(=O)COc2ccccc2C#N)cc1O. The van der Waals surface area contributed by atoms with E-state index in [0.29, 0.717) is 27.1 Å². The normalized spacial score (nSPS) is 10.3. The number of hydrazone groups is 1. The molecule has 8 heteroatoms. The van der Waals surface area contributed by atoms with Gasteiger partial charge < -0.3 is 14.6 Å². The van der Waals surface area contributed by atoms with E-state index >= 15 is 0 Å². The van der Waals surface area contributed by atoms with Crippen LogP contribution in [0.2, 0.25) is 0 Å². The van der Waals surface area contributed by atoms with Gasteiger partial charge in [0.2, 0.25) is 0 Å². The van der Waals surface area contributed by atoms with Gasteiger partial charge in [-0.05, 0) is 40.2 Å². The van der Waals surface area contributed by atoms with Crippen molar-refractivity contribution >= 4 is 28.1 Å². The van der Waals surface area contributed by atoms with E-state index < -0.39 is 5.91 Å². The zero-order chi connectivity index (χ0) is 18.2. The lowest BCUT2D eigenvalue weighted by Crippen LogP contribution is -2.24. The Morgan fingerprint density at radius 3 is 2.88 bits per heavy atom. The second kappa shape index (κ2) is 8.70. The molecule has 0 bridgehead atoms. The maximum Gasteiger partial charge on any atom is 0.277 e. The van der Waals surface area contributed by atoms with Crippen molar-refractivity contribution in [3.05, 3.63) is 52.0 Å². The van der Waals surface area contributed by atoms with Crippen LogP contribution >= 0.6 is 15.9 Å². The van der Waals surface area contributed by atoms with Crippen molar-refractivity contribution in [1.29, 1.82) is 5.26 Å². The van der Waals surface area contributed by atoms with Gasteiger partial charge in [-0.3, -0.25) is 4.79 Å². The maximum absolute atomic E-state index is 11.7. The molecule has 25 heavy (non-hydrogen) atoms. The van der Waals surface area contributed by atoms with Crippen LogP contribution in [-0.2, 0) is 4.79 Å². The number of hydrogen-bond donors (Lipinski definition) is 2. The number of phenols is 1. The minimum absolute atomic E-state index is 0.0464. The number of carbonyl (C=O) groups is 1. The Kier molecular flexibility index (Phi) is 6.37. The van der Waals surface area contributed by atoms with Gasteiger partial charge in [0.05, 0.1) is 18.9 Å². The lowest BCUT2D eigenvalue weighted by molar-refractivity contribution is -0.123. The number of halogens is 1. The number of phenolic OH excluding ortho intramolecular Hbond substituents is 1. The summed E-state index contributed by atoms with van der Waals surface area (Å²) in [7, 11) is 1.44. The Bertz CT molecular complexity index is 846. The van der Waals surface area contributed by atoms with Crippen LogP contribution in [0.25, 0.3) is 0 Å². The molecule has 0 fully saturated rings. The Morgan fingerprint density at radius 2 is 2.16 bits per heavy atom. The van der Waals surface area contributed by atoms with Crippen LogP contribution in [0.5, 0.6) is 17.2 Å². The first-order chi connectivity index (χ1) is 12.0. The van der Waals surface area contributed by atoms with Gasteiger partial charge in [0.25, 0.3) is 5.91 Å². The molecule has 0 aliphatic rings. The predicted octanol–water partition coefficient (Wildman–Crippen LogP) is 2.56. The summed E-state index contributed by atoms with van der Waals surface area (Å²) in [4.78, 5) is 11.7. The molecule has 2 aromatic rings. The van der Waals surface area contributed by atoms with E-state index in [2.05, 4.69) is 26.5 Å². The Morgan fingerprint density at radius 1 is 1.40 bits per heavy atom. The fourth-order valence-corrected chi connectivity index (χ4v) is 2.28. The number of rotatable bonds is 6. The van der Waals surface area contributed by atoms with Crippen LogP contribution in [0, 0.1) is 11.3 Å². The number of nitriles is 1. The molecule has 0 spiro atoms. The minimum atomic E-state index is -0.488. The molecule has 1 amide bonds. The molecule has 0 aromatic heterocycles. The van der Waals surface area contributed by atoms with Crippen molar-refractivity contribution in [2.24, 2.45) is 5.10 Å². The molecule has 2 N–H and O–H groups in total. The van der Waals surface area contributed by atoms with Gasteiger partial charge in [-0.15, -0.1) is 0 Å². The first-order valence-electron chi connectivity index (χ1n) is 7.05. The van der Waals surface area contributed by atoms with Gasteiger partial charge in [0, 0.05) is 10.0 Å². The number of carbonyl (C=O) groups excluding carboxylic acids is 1. The maximum atomic E-state index is 11.7. The van der Waals surface area contributed by atoms with Crippen molar-refractivity contribution < 1.29 is 19.4 Å². The van der Waals surface area contributed by atoms with Gasteiger partial charge in [-0.25, -0.2) is 5.43 Å². The van der Waals surface area contributed by atoms with Crippen molar-refractivity contribution in [3.8, 4) is 23.3 Å². The summed E-state index contributed by atoms with van der Waals surface area (Å²) < 4.78 is 10.9. The van der Waals surface area contributed by atoms with Crippen LogP contribution in [0.1, 0.15) is 11.1 Å². The summed E-state index contributed by atoms with van der Waals surface area (Å²) in [5.41, 5.74) is 3.20. The third kappa shape index (κ3) is 4.96. The topological polar surface area (TPSA) is 104 Å². The van der Waals surface area contributed by atoms with E-state index in [-0.39, 0.29) is 12.4 Å². The van der Waals surface area contributed by atoms with E-state index in [0.717, 1.165) is 0 Å². The molecule has 0 unspecified atom stereocenters. The van der Waals surface area contributed by atoms with E-state index in [1.165, 1.54) is 19.4 Å². The second-order valence-corrected chi connectivity index (χ2v) is 5.59. The lowest BCUT2D eigenvalue weighted by Gasteiger charge is -2.07. The van der Waals surface area contributed by atoms with Gasteiger partial charge in [-0.1, -0.05) is 12.1 Å². The molecule has 0 saturated carbocycles.